The number of phenols is 1. The van der Waals surface area contributed by atoms with Gasteiger partial charge >= 0.3 is 0 Å². The Morgan fingerprint density at radius 3 is 2.61 bits per heavy atom. The monoisotopic (exact) mass is 386 g/mol. The molecule has 0 spiro atoms. The van der Waals surface area contributed by atoms with Crippen LogP contribution in [0.5, 0.6) is 5.75 Å². The Morgan fingerprint density at radius 1 is 1.13 bits per heavy atom. The average molecular weight is 388 g/mol. The third-order valence-corrected chi connectivity index (χ3v) is 4.65. The summed E-state index contributed by atoms with van der Waals surface area (Å²) in [6.45, 7) is 0. The summed E-state index contributed by atoms with van der Waals surface area (Å²) in [4.78, 5) is 5.36. The third kappa shape index (κ3) is 3.90. The van der Waals surface area contributed by atoms with Crippen molar-refractivity contribution in [1.29, 1.82) is 0 Å². The van der Waals surface area contributed by atoms with E-state index in [1.54, 1.807) is 24.3 Å². The van der Waals surface area contributed by atoms with Crippen LogP contribution in [0.15, 0.2) is 52.8 Å². The summed E-state index contributed by atoms with van der Waals surface area (Å²) in [5.74, 6) is 0.196. The maximum absolute atomic E-state index is 9.51. The number of hydrogen-bond acceptors (Lipinski definition) is 3. The first-order chi connectivity index (χ1) is 10.5. The largest absolute Gasteiger partial charge is 0.508 e. The van der Waals surface area contributed by atoms with E-state index in [1.807, 2.05) is 35.2 Å². The van der Waals surface area contributed by atoms with Crippen molar-refractivity contribution in [3.8, 4) is 17.0 Å². The van der Waals surface area contributed by atoms with Crippen molar-refractivity contribution in [2.24, 2.45) is 12.0 Å². The Labute approximate surface area is 153 Å². The maximum atomic E-state index is 9.51. The van der Waals surface area contributed by atoms with Gasteiger partial charge in [0.05, 0.1) is 16.4 Å². The summed E-state index contributed by atoms with van der Waals surface area (Å²) in [5.41, 5.74) is 2.57. The van der Waals surface area contributed by atoms with E-state index in [9.17, 15) is 5.11 Å². The summed E-state index contributed by atoms with van der Waals surface area (Å²) in [7, 11) is 1.93. The topological polar surface area (TPSA) is 37.5 Å². The molecular formula is C16H13Cl3N2OS. The smallest absolute Gasteiger partial charge is 0.190 e. The third-order valence-electron chi connectivity index (χ3n) is 3.19. The van der Waals surface area contributed by atoms with E-state index in [4.69, 9.17) is 23.2 Å². The lowest BCUT2D eigenvalue weighted by atomic mass is 10.2. The molecule has 0 atom stereocenters. The van der Waals surface area contributed by atoms with Gasteiger partial charge in [0, 0.05) is 29.1 Å². The first-order valence-corrected chi connectivity index (χ1v) is 8.12. The SMILES string of the molecule is Cl.Cn1c(-c2ccc(Cl)cc2Cl)csc1=Nc1cccc(O)c1. The van der Waals surface area contributed by atoms with Crippen LogP contribution >= 0.6 is 46.9 Å². The number of phenolic OH excluding ortho intramolecular Hbond substituents is 1. The van der Waals surface area contributed by atoms with Gasteiger partial charge in [-0.1, -0.05) is 29.3 Å². The molecule has 0 unspecified atom stereocenters. The van der Waals surface area contributed by atoms with Crippen LogP contribution in [0.2, 0.25) is 10.0 Å². The number of aromatic hydroxyl groups is 1. The minimum atomic E-state index is 0. The van der Waals surface area contributed by atoms with Gasteiger partial charge in [-0.25, -0.2) is 4.99 Å². The van der Waals surface area contributed by atoms with E-state index in [0.717, 1.165) is 16.1 Å². The molecule has 0 bridgehead atoms. The average Bonchev–Trinajstić information content (AvgIpc) is 2.81. The van der Waals surface area contributed by atoms with E-state index < -0.39 is 0 Å². The zero-order valence-corrected chi connectivity index (χ0v) is 15.2. The van der Waals surface area contributed by atoms with Gasteiger partial charge in [0.1, 0.15) is 5.75 Å². The van der Waals surface area contributed by atoms with E-state index in [1.165, 1.54) is 11.3 Å². The fraction of sp³-hybridized carbons (Fsp3) is 0.0625. The molecule has 1 N–H and O–H groups in total. The predicted molar refractivity (Wildman–Crippen MR) is 99.3 cm³/mol. The van der Waals surface area contributed by atoms with E-state index >= 15 is 0 Å². The molecule has 1 heterocycles. The summed E-state index contributed by atoms with van der Waals surface area (Å²) in [6.07, 6.45) is 0. The molecule has 3 nitrogen and oxygen atoms in total. The zero-order chi connectivity index (χ0) is 15.7. The number of benzene rings is 2. The van der Waals surface area contributed by atoms with Gasteiger partial charge < -0.3 is 9.67 Å². The highest BCUT2D eigenvalue weighted by Crippen LogP contribution is 2.30. The second-order valence-electron chi connectivity index (χ2n) is 4.72. The highest BCUT2D eigenvalue weighted by molar-refractivity contribution is 7.07. The number of rotatable bonds is 2. The molecule has 0 amide bonds. The normalized spacial score (nSPS) is 11.3. The minimum Gasteiger partial charge on any atom is -0.508 e. The molecule has 0 radical (unpaired) electrons. The van der Waals surface area contributed by atoms with Crippen LogP contribution in [0.3, 0.4) is 0 Å². The Balaban J connectivity index is 0.00000192. The molecule has 1 aromatic heterocycles. The lowest BCUT2D eigenvalue weighted by Gasteiger charge is -2.05. The summed E-state index contributed by atoms with van der Waals surface area (Å²) >= 11 is 13.7. The maximum Gasteiger partial charge on any atom is 0.190 e. The highest BCUT2D eigenvalue weighted by atomic mass is 35.5. The van der Waals surface area contributed by atoms with Crippen molar-refractivity contribution in [3.63, 3.8) is 0 Å². The number of nitrogens with zero attached hydrogens (tertiary/aromatic N) is 2. The second-order valence-corrected chi connectivity index (χ2v) is 6.40. The van der Waals surface area contributed by atoms with Crippen molar-refractivity contribution in [3.05, 3.63) is 62.7 Å². The van der Waals surface area contributed by atoms with Crippen molar-refractivity contribution in [1.82, 2.24) is 4.57 Å². The second kappa shape index (κ2) is 7.41. The summed E-state index contributed by atoms with van der Waals surface area (Å²) in [5, 5.41) is 12.7. The van der Waals surface area contributed by atoms with Gasteiger partial charge in [0.2, 0.25) is 0 Å². The molecule has 23 heavy (non-hydrogen) atoms. The first kappa shape index (κ1) is 17.9. The molecule has 0 fully saturated rings. The molecule has 0 aliphatic rings. The van der Waals surface area contributed by atoms with Gasteiger partial charge in [-0.15, -0.1) is 23.7 Å². The number of thiazole rings is 1. The van der Waals surface area contributed by atoms with E-state index in [-0.39, 0.29) is 18.2 Å². The lowest BCUT2D eigenvalue weighted by molar-refractivity contribution is 0.475. The Bertz CT molecular complexity index is 902. The molecule has 0 aliphatic carbocycles. The van der Waals surface area contributed by atoms with Gasteiger partial charge in [-0.05, 0) is 30.3 Å². The van der Waals surface area contributed by atoms with Crippen LogP contribution < -0.4 is 4.80 Å². The number of aromatic nitrogens is 1. The molecule has 7 heteroatoms. The van der Waals surface area contributed by atoms with E-state index in [0.29, 0.717) is 15.7 Å². The molecule has 120 valence electrons. The van der Waals surface area contributed by atoms with Crippen LogP contribution in [0, 0.1) is 0 Å². The van der Waals surface area contributed by atoms with Crippen molar-refractivity contribution >= 4 is 52.6 Å². The molecule has 3 aromatic rings. The highest BCUT2D eigenvalue weighted by Gasteiger charge is 2.09. The van der Waals surface area contributed by atoms with Crippen LogP contribution in [0.25, 0.3) is 11.3 Å². The minimum absolute atomic E-state index is 0. The fourth-order valence-corrected chi connectivity index (χ4v) is 3.51. The lowest BCUT2D eigenvalue weighted by Crippen LogP contribution is -2.10. The molecule has 3 rings (SSSR count). The Kier molecular flexibility index (Phi) is 5.76. The quantitative estimate of drug-likeness (QED) is 0.626. The molecular weight excluding hydrogens is 375 g/mol. The van der Waals surface area contributed by atoms with Gasteiger partial charge in [0.25, 0.3) is 0 Å². The Morgan fingerprint density at radius 2 is 1.91 bits per heavy atom. The van der Waals surface area contributed by atoms with Crippen molar-refractivity contribution in [2.45, 2.75) is 0 Å². The number of hydrogen-bond donors (Lipinski definition) is 1. The first-order valence-electron chi connectivity index (χ1n) is 6.48. The van der Waals surface area contributed by atoms with Gasteiger partial charge in [0.15, 0.2) is 4.80 Å². The van der Waals surface area contributed by atoms with Gasteiger partial charge in [-0.3, -0.25) is 0 Å². The van der Waals surface area contributed by atoms with Crippen molar-refractivity contribution in [2.75, 3.05) is 0 Å². The Hall–Kier alpha value is -1.46. The number of halogens is 3. The standard InChI is InChI=1S/C16H12Cl2N2OS.ClH/c1-20-15(13-6-5-10(17)7-14(13)18)9-22-16(20)19-11-3-2-4-12(21)8-11;/h2-9,21H,1H3;1H. The predicted octanol–water partition coefficient (Wildman–Crippen LogP) is 5.42. The molecule has 0 saturated carbocycles. The molecule has 0 saturated heterocycles. The van der Waals surface area contributed by atoms with Crippen molar-refractivity contribution < 1.29 is 5.11 Å². The van der Waals surface area contributed by atoms with E-state index in [2.05, 4.69) is 4.99 Å². The van der Waals surface area contributed by atoms with Crippen LogP contribution in [-0.4, -0.2) is 9.67 Å². The van der Waals surface area contributed by atoms with Crippen LogP contribution in [0.4, 0.5) is 5.69 Å². The molecule has 2 aromatic carbocycles. The van der Waals surface area contributed by atoms with Crippen LogP contribution in [-0.2, 0) is 7.05 Å². The summed E-state index contributed by atoms with van der Waals surface area (Å²) < 4.78 is 1.96. The molecule has 0 aliphatic heterocycles. The fourth-order valence-electron chi connectivity index (χ4n) is 2.09. The summed E-state index contributed by atoms with van der Waals surface area (Å²) in [6, 6.07) is 12.3. The van der Waals surface area contributed by atoms with Crippen LogP contribution in [0.1, 0.15) is 0 Å². The van der Waals surface area contributed by atoms with Gasteiger partial charge in [-0.2, -0.15) is 0 Å². The zero-order valence-electron chi connectivity index (χ0n) is 12.0.